The lowest BCUT2D eigenvalue weighted by Gasteiger charge is -2.36. The summed E-state index contributed by atoms with van der Waals surface area (Å²) in [6, 6.07) is 0.572. The molecule has 0 saturated carbocycles. The normalized spacial score (nSPS) is 26.4. The summed E-state index contributed by atoms with van der Waals surface area (Å²) in [6.07, 6.45) is 10.00. The van der Waals surface area contributed by atoms with Crippen molar-refractivity contribution >= 4 is 0 Å². The van der Waals surface area contributed by atoms with Gasteiger partial charge in [-0.25, -0.2) is 0 Å². The minimum absolute atomic E-state index is 0.477. The molecule has 1 aliphatic carbocycles. The minimum atomic E-state index is 0.477. The van der Waals surface area contributed by atoms with E-state index in [0.717, 1.165) is 18.9 Å². The Kier molecular flexibility index (Phi) is 5.54. The molecule has 0 amide bonds. The van der Waals surface area contributed by atoms with E-state index < -0.39 is 0 Å². The summed E-state index contributed by atoms with van der Waals surface area (Å²) < 4.78 is 6.07. The van der Waals surface area contributed by atoms with Gasteiger partial charge in [0.05, 0.1) is 5.76 Å². The first-order chi connectivity index (χ1) is 9.53. The summed E-state index contributed by atoms with van der Waals surface area (Å²) in [7, 11) is 0. The van der Waals surface area contributed by atoms with Gasteiger partial charge in [-0.1, -0.05) is 27.2 Å². The molecular weight excluding hydrogens is 246 g/mol. The van der Waals surface area contributed by atoms with Crippen LogP contribution in [-0.2, 0) is 4.74 Å². The zero-order chi connectivity index (χ0) is 14.6. The Bertz CT molecular complexity index is 328. The van der Waals surface area contributed by atoms with Crippen molar-refractivity contribution in [3.05, 3.63) is 11.8 Å². The van der Waals surface area contributed by atoms with Crippen LogP contribution < -0.4 is 0 Å². The fourth-order valence-electron chi connectivity index (χ4n) is 3.46. The summed E-state index contributed by atoms with van der Waals surface area (Å²) in [5.41, 5.74) is 0.477. The molecule has 1 saturated heterocycles. The lowest BCUT2D eigenvalue weighted by molar-refractivity contribution is 0.103. The monoisotopic (exact) mass is 279 g/mol. The van der Waals surface area contributed by atoms with E-state index in [4.69, 9.17) is 4.74 Å². The Balaban J connectivity index is 1.75. The number of nitrogens with zero attached hydrogens (tertiary/aromatic N) is 1. The molecule has 1 aliphatic heterocycles. The molecule has 0 aromatic rings. The van der Waals surface area contributed by atoms with Crippen molar-refractivity contribution in [2.45, 2.75) is 72.3 Å². The molecule has 0 radical (unpaired) electrons. The maximum atomic E-state index is 6.07. The van der Waals surface area contributed by atoms with Gasteiger partial charge in [0.1, 0.15) is 6.61 Å². The SMILES string of the molecule is CCC(C)(C)C1CC=C(OCC(C)N2CCCC2)CC1. The maximum Gasteiger partial charge on any atom is 0.103 e. The van der Waals surface area contributed by atoms with E-state index >= 15 is 0 Å². The van der Waals surface area contributed by atoms with Crippen molar-refractivity contribution in [3.8, 4) is 0 Å². The average molecular weight is 279 g/mol. The van der Waals surface area contributed by atoms with E-state index in [1.807, 2.05) is 0 Å². The summed E-state index contributed by atoms with van der Waals surface area (Å²) in [4.78, 5) is 2.56. The molecule has 0 aromatic heterocycles. The molecule has 116 valence electrons. The Morgan fingerprint density at radius 1 is 1.35 bits per heavy atom. The molecule has 2 aliphatic rings. The number of hydrogen-bond donors (Lipinski definition) is 0. The van der Waals surface area contributed by atoms with Crippen LogP contribution in [0.15, 0.2) is 11.8 Å². The predicted molar refractivity (Wildman–Crippen MR) is 85.7 cm³/mol. The second-order valence-electron chi connectivity index (χ2n) is 7.39. The van der Waals surface area contributed by atoms with Gasteiger partial charge < -0.3 is 4.74 Å². The third-order valence-corrected chi connectivity index (χ3v) is 5.66. The molecule has 2 atom stereocenters. The highest BCUT2D eigenvalue weighted by molar-refractivity contribution is 5.01. The molecule has 2 rings (SSSR count). The van der Waals surface area contributed by atoms with E-state index in [2.05, 4.69) is 38.7 Å². The maximum absolute atomic E-state index is 6.07. The lowest BCUT2D eigenvalue weighted by Crippen LogP contribution is -2.34. The van der Waals surface area contributed by atoms with Crippen LogP contribution in [-0.4, -0.2) is 30.6 Å². The minimum Gasteiger partial charge on any atom is -0.497 e. The van der Waals surface area contributed by atoms with Gasteiger partial charge in [-0.3, -0.25) is 4.90 Å². The number of rotatable bonds is 6. The topological polar surface area (TPSA) is 12.5 Å². The summed E-state index contributed by atoms with van der Waals surface area (Å²) in [6.45, 7) is 12.8. The summed E-state index contributed by atoms with van der Waals surface area (Å²) in [5, 5.41) is 0. The molecule has 1 heterocycles. The van der Waals surface area contributed by atoms with Gasteiger partial charge >= 0.3 is 0 Å². The first kappa shape index (κ1) is 15.9. The van der Waals surface area contributed by atoms with Crippen LogP contribution in [0.3, 0.4) is 0 Å². The first-order valence-electron chi connectivity index (χ1n) is 8.59. The highest BCUT2D eigenvalue weighted by Gasteiger charge is 2.29. The molecule has 0 N–H and O–H groups in total. The van der Waals surface area contributed by atoms with Gasteiger partial charge in [-0.2, -0.15) is 0 Å². The molecule has 2 unspecified atom stereocenters. The van der Waals surface area contributed by atoms with Crippen molar-refractivity contribution in [1.82, 2.24) is 4.90 Å². The Hall–Kier alpha value is -0.500. The largest absolute Gasteiger partial charge is 0.497 e. The van der Waals surface area contributed by atoms with Gasteiger partial charge in [-0.05, 0) is 63.1 Å². The second-order valence-corrected chi connectivity index (χ2v) is 7.39. The molecular formula is C18H33NO. The summed E-state index contributed by atoms with van der Waals surface area (Å²) in [5.74, 6) is 2.08. The standard InChI is InChI=1S/C18H33NO/c1-5-18(3,4)16-8-10-17(11-9-16)20-14-15(2)19-12-6-7-13-19/h10,15-16H,5-9,11-14H2,1-4H3. The number of likely N-dealkylation sites (tertiary alicyclic amines) is 1. The van der Waals surface area contributed by atoms with Crippen molar-refractivity contribution in [1.29, 1.82) is 0 Å². The van der Waals surface area contributed by atoms with E-state index in [9.17, 15) is 0 Å². The highest BCUT2D eigenvalue weighted by Crippen LogP contribution is 2.39. The van der Waals surface area contributed by atoms with Crippen LogP contribution in [0.4, 0.5) is 0 Å². The fraction of sp³-hybridized carbons (Fsp3) is 0.889. The van der Waals surface area contributed by atoms with E-state index in [-0.39, 0.29) is 0 Å². The Morgan fingerprint density at radius 3 is 2.60 bits per heavy atom. The lowest BCUT2D eigenvalue weighted by atomic mass is 9.71. The Labute approximate surface area is 125 Å². The fourth-order valence-corrected chi connectivity index (χ4v) is 3.46. The zero-order valence-corrected chi connectivity index (χ0v) is 14.0. The van der Waals surface area contributed by atoms with Gasteiger partial charge in [0.25, 0.3) is 0 Å². The third-order valence-electron chi connectivity index (χ3n) is 5.66. The van der Waals surface area contributed by atoms with Gasteiger partial charge in [0.15, 0.2) is 0 Å². The number of allylic oxidation sites excluding steroid dienone is 2. The van der Waals surface area contributed by atoms with Gasteiger partial charge in [0.2, 0.25) is 0 Å². The van der Waals surface area contributed by atoms with Gasteiger partial charge in [-0.15, -0.1) is 0 Å². The smallest absolute Gasteiger partial charge is 0.103 e. The van der Waals surface area contributed by atoms with Crippen LogP contribution in [0.2, 0.25) is 0 Å². The van der Waals surface area contributed by atoms with Crippen LogP contribution in [0.25, 0.3) is 0 Å². The molecule has 2 heteroatoms. The summed E-state index contributed by atoms with van der Waals surface area (Å²) >= 11 is 0. The molecule has 0 aromatic carbocycles. The highest BCUT2D eigenvalue weighted by atomic mass is 16.5. The molecule has 20 heavy (non-hydrogen) atoms. The number of ether oxygens (including phenoxy) is 1. The van der Waals surface area contributed by atoms with Crippen LogP contribution in [0.5, 0.6) is 0 Å². The van der Waals surface area contributed by atoms with Gasteiger partial charge in [0, 0.05) is 12.5 Å². The molecule has 1 fully saturated rings. The second kappa shape index (κ2) is 6.98. The quantitative estimate of drug-likeness (QED) is 0.704. The Morgan fingerprint density at radius 2 is 2.05 bits per heavy atom. The average Bonchev–Trinajstić information content (AvgIpc) is 2.99. The third kappa shape index (κ3) is 4.00. The molecule has 0 spiro atoms. The first-order valence-corrected chi connectivity index (χ1v) is 8.59. The molecule has 2 nitrogen and oxygen atoms in total. The van der Waals surface area contributed by atoms with Crippen molar-refractivity contribution in [2.24, 2.45) is 11.3 Å². The van der Waals surface area contributed by atoms with Crippen molar-refractivity contribution < 1.29 is 4.74 Å². The van der Waals surface area contributed by atoms with E-state index in [1.54, 1.807) is 0 Å². The zero-order valence-electron chi connectivity index (χ0n) is 14.0. The van der Waals surface area contributed by atoms with Crippen LogP contribution >= 0.6 is 0 Å². The molecule has 0 bridgehead atoms. The van der Waals surface area contributed by atoms with E-state index in [1.165, 1.54) is 51.0 Å². The van der Waals surface area contributed by atoms with Crippen molar-refractivity contribution in [2.75, 3.05) is 19.7 Å². The number of hydrogen-bond acceptors (Lipinski definition) is 2. The van der Waals surface area contributed by atoms with E-state index in [0.29, 0.717) is 11.5 Å². The van der Waals surface area contributed by atoms with Crippen molar-refractivity contribution in [3.63, 3.8) is 0 Å². The predicted octanol–water partition coefficient (Wildman–Crippen LogP) is 4.61. The van der Waals surface area contributed by atoms with Crippen LogP contribution in [0.1, 0.15) is 66.2 Å². The van der Waals surface area contributed by atoms with Crippen LogP contribution in [0, 0.1) is 11.3 Å².